The molecule has 1 aliphatic rings. The zero-order valence-electron chi connectivity index (χ0n) is 10.3. The lowest BCUT2D eigenvalue weighted by Crippen LogP contribution is -2.47. The lowest BCUT2D eigenvalue weighted by atomic mass is 9.69. The molecule has 6 heteroatoms. The van der Waals surface area contributed by atoms with Crippen molar-refractivity contribution in [1.82, 2.24) is 5.32 Å². The van der Waals surface area contributed by atoms with Crippen LogP contribution in [0.25, 0.3) is 0 Å². The number of halogens is 1. The Morgan fingerprint density at radius 1 is 1.37 bits per heavy atom. The SMILES string of the molecule is Nc1cc(Cl)cc(C(=O)NCC2(C(=O)O)CCC2)c1. The Kier molecular flexibility index (Phi) is 3.66. The molecule has 0 radical (unpaired) electrons. The molecule has 1 aliphatic carbocycles. The molecule has 0 bridgehead atoms. The van der Waals surface area contributed by atoms with Crippen LogP contribution in [0.2, 0.25) is 5.02 Å². The van der Waals surface area contributed by atoms with E-state index in [1.807, 2.05) is 0 Å². The smallest absolute Gasteiger partial charge is 0.311 e. The number of nitrogen functional groups attached to an aromatic ring is 1. The molecule has 0 spiro atoms. The molecule has 1 aromatic carbocycles. The molecule has 1 amide bonds. The second kappa shape index (κ2) is 5.09. The van der Waals surface area contributed by atoms with Gasteiger partial charge in [-0.3, -0.25) is 9.59 Å². The van der Waals surface area contributed by atoms with E-state index in [9.17, 15) is 9.59 Å². The molecule has 102 valence electrons. The monoisotopic (exact) mass is 282 g/mol. The molecule has 0 heterocycles. The number of rotatable bonds is 4. The Morgan fingerprint density at radius 3 is 2.53 bits per heavy atom. The number of amides is 1. The third kappa shape index (κ3) is 2.81. The summed E-state index contributed by atoms with van der Waals surface area (Å²) >= 11 is 5.82. The van der Waals surface area contributed by atoms with E-state index in [1.54, 1.807) is 6.07 Å². The number of benzene rings is 1. The first-order valence-corrected chi connectivity index (χ1v) is 6.38. The van der Waals surface area contributed by atoms with E-state index < -0.39 is 11.4 Å². The maximum Gasteiger partial charge on any atom is 0.311 e. The minimum Gasteiger partial charge on any atom is -0.481 e. The van der Waals surface area contributed by atoms with Gasteiger partial charge in [0.15, 0.2) is 0 Å². The fourth-order valence-electron chi connectivity index (χ4n) is 2.16. The average molecular weight is 283 g/mol. The highest BCUT2D eigenvalue weighted by molar-refractivity contribution is 6.31. The quantitative estimate of drug-likeness (QED) is 0.736. The molecular formula is C13H15ClN2O3. The molecule has 0 aliphatic heterocycles. The van der Waals surface area contributed by atoms with Crippen molar-refractivity contribution in [1.29, 1.82) is 0 Å². The Balaban J connectivity index is 2.03. The van der Waals surface area contributed by atoms with Crippen LogP contribution in [0.5, 0.6) is 0 Å². The highest BCUT2D eigenvalue weighted by Crippen LogP contribution is 2.40. The van der Waals surface area contributed by atoms with Gasteiger partial charge in [-0.25, -0.2) is 0 Å². The molecule has 4 N–H and O–H groups in total. The van der Waals surface area contributed by atoms with Crippen molar-refractivity contribution in [3.8, 4) is 0 Å². The highest BCUT2D eigenvalue weighted by atomic mass is 35.5. The Morgan fingerprint density at radius 2 is 2.05 bits per heavy atom. The molecule has 1 fully saturated rings. The standard InChI is InChI=1S/C13H15ClN2O3/c14-9-4-8(5-10(15)6-9)11(17)16-7-13(12(18)19)2-1-3-13/h4-6H,1-3,7,15H2,(H,16,17)(H,18,19). The zero-order valence-corrected chi connectivity index (χ0v) is 11.0. The van der Waals surface area contributed by atoms with Crippen LogP contribution >= 0.6 is 11.6 Å². The number of hydrogen-bond donors (Lipinski definition) is 3. The fourth-order valence-corrected chi connectivity index (χ4v) is 2.41. The number of nitrogens with two attached hydrogens (primary N) is 1. The van der Waals surface area contributed by atoms with E-state index in [4.69, 9.17) is 22.4 Å². The van der Waals surface area contributed by atoms with Crippen LogP contribution in [0.15, 0.2) is 18.2 Å². The molecule has 1 saturated carbocycles. The van der Waals surface area contributed by atoms with Crippen LogP contribution in [0.1, 0.15) is 29.6 Å². The van der Waals surface area contributed by atoms with Crippen molar-refractivity contribution in [2.45, 2.75) is 19.3 Å². The first kappa shape index (κ1) is 13.7. The summed E-state index contributed by atoms with van der Waals surface area (Å²) in [5, 5.41) is 12.2. The second-order valence-electron chi connectivity index (χ2n) is 4.89. The van der Waals surface area contributed by atoms with Crippen LogP contribution in [-0.2, 0) is 4.79 Å². The zero-order chi connectivity index (χ0) is 14.0. The van der Waals surface area contributed by atoms with Gasteiger partial charge in [-0.05, 0) is 31.0 Å². The van der Waals surface area contributed by atoms with Crippen LogP contribution in [0.4, 0.5) is 5.69 Å². The first-order valence-electron chi connectivity index (χ1n) is 6.01. The minimum atomic E-state index is -0.857. The maximum atomic E-state index is 11.9. The molecule has 2 rings (SSSR count). The number of nitrogens with one attached hydrogen (secondary N) is 1. The van der Waals surface area contributed by atoms with Gasteiger partial charge in [0.1, 0.15) is 0 Å². The number of carbonyl (C=O) groups is 2. The third-order valence-corrected chi connectivity index (χ3v) is 3.75. The van der Waals surface area contributed by atoms with Gasteiger partial charge in [-0.2, -0.15) is 0 Å². The number of hydrogen-bond acceptors (Lipinski definition) is 3. The van der Waals surface area contributed by atoms with Gasteiger partial charge >= 0.3 is 5.97 Å². The van der Waals surface area contributed by atoms with Gasteiger partial charge in [0.05, 0.1) is 5.41 Å². The van der Waals surface area contributed by atoms with Gasteiger partial charge < -0.3 is 16.2 Å². The summed E-state index contributed by atoms with van der Waals surface area (Å²) in [7, 11) is 0. The van der Waals surface area contributed by atoms with E-state index in [0.717, 1.165) is 6.42 Å². The van der Waals surface area contributed by atoms with Crippen molar-refractivity contribution in [2.24, 2.45) is 5.41 Å². The van der Waals surface area contributed by atoms with Crippen molar-refractivity contribution >= 4 is 29.2 Å². The molecule has 19 heavy (non-hydrogen) atoms. The molecule has 0 saturated heterocycles. The fraction of sp³-hybridized carbons (Fsp3) is 0.385. The van der Waals surface area contributed by atoms with Gasteiger partial charge in [0.2, 0.25) is 0 Å². The lowest BCUT2D eigenvalue weighted by molar-refractivity contribution is -0.153. The van der Waals surface area contributed by atoms with E-state index in [-0.39, 0.29) is 12.5 Å². The number of anilines is 1. The van der Waals surface area contributed by atoms with Crippen LogP contribution in [0, 0.1) is 5.41 Å². The minimum absolute atomic E-state index is 0.133. The predicted molar refractivity (Wildman–Crippen MR) is 72.1 cm³/mol. The highest BCUT2D eigenvalue weighted by Gasteiger charge is 2.44. The van der Waals surface area contributed by atoms with Crippen molar-refractivity contribution in [3.05, 3.63) is 28.8 Å². The van der Waals surface area contributed by atoms with Gasteiger partial charge in [-0.1, -0.05) is 18.0 Å². The molecule has 0 atom stereocenters. The number of aliphatic carboxylic acids is 1. The average Bonchev–Trinajstić information content (AvgIpc) is 2.25. The Labute approximate surface area is 115 Å². The van der Waals surface area contributed by atoms with Crippen LogP contribution in [-0.4, -0.2) is 23.5 Å². The van der Waals surface area contributed by atoms with Gasteiger partial charge in [-0.15, -0.1) is 0 Å². The van der Waals surface area contributed by atoms with Crippen LogP contribution < -0.4 is 11.1 Å². The van der Waals surface area contributed by atoms with E-state index >= 15 is 0 Å². The molecule has 1 aromatic rings. The first-order chi connectivity index (χ1) is 8.93. The number of carbonyl (C=O) groups excluding carboxylic acids is 1. The maximum absolute atomic E-state index is 11.9. The Bertz CT molecular complexity index is 506. The second-order valence-corrected chi connectivity index (χ2v) is 5.33. The van der Waals surface area contributed by atoms with Crippen molar-refractivity contribution in [2.75, 3.05) is 12.3 Å². The van der Waals surface area contributed by atoms with Gasteiger partial charge in [0, 0.05) is 22.8 Å². The Hall–Kier alpha value is -1.75. The summed E-state index contributed by atoms with van der Waals surface area (Å²) in [4.78, 5) is 23.1. The molecular weight excluding hydrogens is 268 g/mol. The largest absolute Gasteiger partial charge is 0.481 e. The van der Waals surface area contributed by atoms with Crippen LogP contribution in [0.3, 0.4) is 0 Å². The summed E-state index contributed by atoms with van der Waals surface area (Å²) in [6.45, 7) is 0.133. The topological polar surface area (TPSA) is 92.4 Å². The third-order valence-electron chi connectivity index (χ3n) is 3.53. The number of carboxylic acids is 1. The predicted octanol–water partition coefficient (Wildman–Crippen LogP) is 1.91. The van der Waals surface area contributed by atoms with E-state index in [1.165, 1.54) is 12.1 Å². The van der Waals surface area contributed by atoms with E-state index in [0.29, 0.717) is 29.1 Å². The van der Waals surface area contributed by atoms with Crippen molar-refractivity contribution in [3.63, 3.8) is 0 Å². The molecule has 5 nitrogen and oxygen atoms in total. The summed E-state index contributed by atoms with van der Waals surface area (Å²) in [5.41, 5.74) is 5.54. The summed E-state index contributed by atoms with van der Waals surface area (Å²) in [5.74, 6) is -1.22. The molecule has 0 aromatic heterocycles. The van der Waals surface area contributed by atoms with Crippen molar-refractivity contribution < 1.29 is 14.7 Å². The normalized spacial score (nSPS) is 16.5. The summed E-state index contributed by atoms with van der Waals surface area (Å²) in [6, 6.07) is 4.56. The molecule has 0 unspecified atom stereocenters. The number of carboxylic acid groups (broad SMARTS) is 1. The summed E-state index contributed by atoms with van der Waals surface area (Å²) < 4.78 is 0. The van der Waals surface area contributed by atoms with Gasteiger partial charge in [0.25, 0.3) is 5.91 Å². The lowest BCUT2D eigenvalue weighted by Gasteiger charge is -2.37. The summed E-state index contributed by atoms with van der Waals surface area (Å²) in [6.07, 6.45) is 2.08. The van der Waals surface area contributed by atoms with E-state index in [2.05, 4.69) is 5.32 Å².